The van der Waals surface area contributed by atoms with Gasteiger partial charge in [0.2, 0.25) is 10.0 Å². The van der Waals surface area contributed by atoms with Crippen LogP contribution in [-0.2, 0) is 16.6 Å². The van der Waals surface area contributed by atoms with Gasteiger partial charge >= 0.3 is 0 Å². The van der Waals surface area contributed by atoms with Gasteiger partial charge in [-0.1, -0.05) is 11.6 Å². The number of nitrogens with one attached hydrogen (secondary N) is 1. The number of rotatable bonds is 6. The van der Waals surface area contributed by atoms with E-state index in [2.05, 4.69) is 30.6 Å². The van der Waals surface area contributed by atoms with Crippen LogP contribution >= 0.6 is 27.5 Å². The molecule has 0 aliphatic carbocycles. The summed E-state index contributed by atoms with van der Waals surface area (Å²) in [6.45, 7) is 0.996. The Hall–Kier alpha value is -0.960. The van der Waals surface area contributed by atoms with E-state index in [0.29, 0.717) is 24.0 Å². The van der Waals surface area contributed by atoms with Crippen molar-refractivity contribution < 1.29 is 8.42 Å². The fraction of sp³-hybridized carbons (Fsp3) is 0.273. The largest absolute Gasteiger partial charge is 0.337 e. The molecule has 2 aromatic heterocycles. The van der Waals surface area contributed by atoms with E-state index in [9.17, 15) is 8.42 Å². The summed E-state index contributed by atoms with van der Waals surface area (Å²) in [7, 11) is -3.65. The first kappa shape index (κ1) is 15.4. The Labute approximate surface area is 130 Å². The quantitative estimate of drug-likeness (QED) is 0.616. The highest BCUT2D eigenvalue weighted by Gasteiger charge is 2.18. The van der Waals surface area contributed by atoms with Crippen LogP contribution in [0.4, 0.5) is 0 Å². The van der Waals surface area contributed by atoms with Crippen LogP contribution in [0.2, 0.25) is 5.15 Å². The number of hydrogen-bond donors (Lipinski definition) is 1. The highest BCUT2D eigenvalue weighted by atomic mass is 79.9. The van der Waals surface area contributed by atoms with Crippen LogP contribution in [0.1, 0.15) is 6.42 Å². The first-order valence-corrected chi connectivity index (χ1v) is 8.41. The van der Waals surface area contributed by atoms with Crippen molar-refractivity contribution in [2.24, 2.45) is 0 Å². The number of aryl methyl sites for hydroxylation is 1. The standard InChI is InChI=1S/C11H12BrClN4O2S/c12-9-6-10(11(13)15-7-9)20(18,19)16-2-1-4-17-5-3-14-8-17/h3,5-8,16H,1-2,4H2. The van der Waals surface area contributed by atoms with Gasteiger partial charge < -0.3 is 4.57 Å². The third-order valence-electron chi connectivity index (χ3n) is 2.51. The molecule has 0 aliphatic heterocycles. The average Bonchev–Trinajstić information content (AvgIpc) is 2.90. The molecule has 1 N–H and O–H groups in total. The fourth-order valence-electron chi connectivity index (χ4n) is 1.56. The van der Waals surface area contributed by atoms with Crippen LogP contribution in [0.5, 0.6) is 0 Å². The van der Waals surface area contributed by atoms with Gasteiger partial charge in [-0.15, -0.1) is 0 Å². The van der Waals surface area contributed by atoms with Gasteiger partial charge in [0.25, 0.3) is 0 Å². The normalized spacial score (nSPS) is 11.7. The lowest BCUT2D eigenvalue weighted by Gasteiger charge is -2.08. The zero-order valence-electron chi connectivity index (χ0n) is 10.3. The first-order chi connectivity index (χ1) is 9.49. The fourth-order valence-corrected chi connectivity index (χ4v) is 3.57. The smallest absolute Gasteiger partial charge is 0.243 e. The molecule has 0 aromatic carbocycles. The Bertz CT molecular complexity index is 676. The topological polar surface area (TPSA) is 76.9 Å². The molecule has 9 heteroatoms. The molecule has 0 spiro atoms. The third kappa shape index (κ3) is 4.02. The zero-order valence-corrected chi connectivity index (χ0v) is 13.5. The number of sulfonamides is 1. The molecular weight excluding hydrogens is 368 g/mol. The molecule has 0 saturated carbocycles. The van der Waals surface area contributed by atoms with E-state index >= 15 is 0 Å². The summed E-state index contributed by atoms with van der Waals surface area (Å²) < 4.78 is 29.1. The molecule has 0 unspecified atom stereocenters. The maximum Gasteiger partial charge on any atom is 0.243 e. The monoisotopic (exact) mass is 378 g/mol. The van der Waals surface area contributed by atoms with Crippen molar-refractivity contribution >= 4 is 37.6 Å². The Morgan fingerprint density at radius 2 is 2.25 bits per heavy atom. The van der Waals surface area contributed by atoms with Crippen molar-refractivity contribution in [3.8, 4) is 0 Å². The van der Waals surface area contributed by atoms with Crippen LogP contribution < -0.4 is 4.72 Å². The van der Waals surface area contributed by atoms with Crippen LogP contribution in [0.15, 0.2) is 40.4 Å². The van der Waals surface area contributed by atoms with Gasteiger partial charge in [-0.2, -0.15) is 0 Å². The van der Waals surface area contributed by atoms with Gasteiger partial charge in [-0.25, -0.2) is 23.1 Å². The van der Waals surface area contributed by atoms with Crippen LogP contribution in [-0.4, -0.2) is 29.5 Å². The van der Waals surface area contributed by atoms with Gasteiger partial charge in [0, 0.05) is 36.2 Å². The molecule has 0 bridgehead atoms. The van der Waals surface area contributed by atoms with E-state index in [1.54, 1.807) is 12.5 Å². The summed E-state index contributed by atoms with van der Waals surface area (Å²) in [5, 5.41) is -0.0460. The number of hydrogen-bond acceptors (Lipinski definition) is 4. The number of pyridine rings is 1. The minimum atomic E-state index is -3.65. The SMILES string of the molecule is O=S(=O)(NCCCn1ccnc1)c1cc(Br)cnc1Cl. The summed E-state index contributed by atoms with van der Waals surface area (Å²) >= 11 is 8.98. The lowest BCUT2D eigenvalue weighted by atomic mass is 10.4. The Kier molecular flexibility index (Phi) is 5.14. The van der Waals surface area contributed by atoms with Crippen molar-refractivity contribution in [3.63, 3.8) is 0 Å². The Morgan fingerprint density at radius 1 is 1.45 bits per heavy atom. The van der Waals surface area contributed by atoms with E-state index in [1.807, 2.05) is 10.8 Å². The van der Waals surface area contributed by atoms with Crippen molar-refractivity contribution in [2.75, 3.05) is 6.54 Å². The van der Waals surface area contributed by atoms with E-state index < -0.39 is 10.0 Å². The third-order valence-corrected chi connectivity index (χ3v) is 4.83. The van der Waals surface area contributed by atoms with Gasteiger partial charge in [-0.3, -0.25) is 0 Å². The molecule has 0 saturated heterocycles. The maximum absolute atomic E-state index is 12.1. The molecule has 20 heavy (non-hydrogen) atoms. The second-order valence-electron chi connectivity index (χ2n) is 3.99. The molecule has 6 nitrogen and oxygen atoms in total. The summed E-state index contributed by atoms with van der Waals surface area (Å²) in [5.74, 6) is 0. The van der Waals surface area contributed by atoms with Crippen molar-refractivity contribution in [1.82, 2.24) is 19.3 Å². The number of imidazole rings is 1. The first-order valence-electron chi connectivity index (χ1n) is 5.75. The molecule has 2 heterocycles. The summed E-state index contributed by atoms with van der Waals surface area (Å²) in [6, 6.07) is 1.42. The number of nitrogens with zero attached hydrogens (tertiary/aromatic N) is 3. The lowest BCUT2D eigenvalue weighted by Crippen LogP contribution is -2.26. The Balaban J connectivity index is 1.95. The number of halogens is 2. The van der Waals surface area contributed by atoms with Crippen molar-refractivity contribution in [1.29, 1.82) is 0 Å². The molecule has 0 amide bonds. The van der Waals surface area contributed by atoms with Gasteiger partial charge in [-0.05, 0) is 28.4 Å². The van der Waals surface area contributed by atoms with E-state index in [-0.39, 0.29) is 10.0 Å². The molecule has 0 aliphatic rings. The molecule has 0 fully saturated rings. The highest BCUT2D eigenvalue weighted by Crippen LogP contribution is 2.22. The molecule has 0 radical (unpaired) electrons. The van der Waals surface area contributed by atoms with E-state index in [0.717, 1.165) is 0 Å². The molecule has 108 valence electrons. The minimum Gasteiger partial charge on any atom is -0.337 e. The second-order valence-corrected chi connectivity index (χ2v) is 7.00. The Morgan fingerprint density at radius 3 is 2.95 bits per heavy atom. The van der Waals surface area contributed by atoms with Crippen LogP contribution in [0.3, 0.4) is 0 Å². The lowest BCUT2D eigenvalue weighted by molar-refractivity contribution is 0.569. The predicted molar refractivity (Wildman–Crippen MR) is 79.0 cm³/mol. The van der Waals surface area contributed by atoms with Crippen molar-refractivity contribution in [2.45, 2.75) is 17.9 Å². The summed E-state index contributed by atoms with van der Waals surface area (Å²) in [4.78, 5) is 7.68. The maximum atomic E-state index is 12.1. The number of aromatic nitrogens is 3. The minimum absolute atomic E-state index is 0.0313. The van der Waals surface area contributed by atoms with Crippen LogP contribution in [0.25, 0.3) is 0 Å². The van der Waals surface area contributed by atoms with Crippen molar-refractivity contribution in [3.05, 3.63) is 40.6 Å². The van der Waals surface area contributed by atoms with Gasteiger partial charge in [0.05, 0.1) is 6.33 Å². The molecular formula is C11H12BrClN4O2S. The summed E-state index contributed by atoms with van der Waals surface area (Å²) in [6.07, 6.45) is 7.28. The molecule has 0 atom stereocenters. The zero-order chi connectivity index (χ0) is 14.6. The van der Waals surface area contributed by atoms with Gasteiger partial charge in [0.15, 0.2) is 0 Å². The average molecular weight is 380 g/mol. The summed E-state index contributed by atoms with van der Waals surface area (Å²) in [5.41, 5.74) is 0. The predicted octanol–water partition coefficient (Wildman–Crippen LogP) is 2.06. The van der Waals surface area contributed by atoms with E-state index in [4.69, 9.17) is 11.6 Å². The molecule has 2 aromatic rings. The van der Waals surface area contributed by atoms with Gasteiger partial charge in [0.1, 0.15) is 10.0 Å². The van der Waals surface area contributed by atoms with Crippen LogP contribution in [0, 0.1) is 0 Å². The second kappa shape index (κ2) is 6.66. The molecule has 2 rings (SSSR count). The highest BCUT2D eigenvalue weighted by molar-refractivity contribution is 9.10. The van der Waals surface area contributed by atoms with E-state index in [1.165, 1.54) is 12.3 Å².